The molecule has 5 heteroatoms. The van der Waals surface area contributed by atoms with Crippen LogP contribution in [0.4, 0.5) is 0 Å². The molecule has 4 nitrogen and oxygen atoms in total. The molecule has 1 aliphatic heterocycles. The minimum Gasteiger partial charge on any atom is -0.395 e. The van der Waals surface area contributed by atoms with Crippen LogP contribution < -0.4 is 0 Å². The van der Waals surface area contributed by atoms with E-state index in [1.165, 1.54) is 0 Å². The second-order valence-electron chi connectivity index (χ2n) is 3.51. The third kappa shape index (κ3) is 3.12. The summed E-state index contributed by atoms with van der Waals surface area (Å²) in [5, 5.41) is 8.31. The quantitative estimate of drug-likeness (QED) is 0.668. The van der Waals surface area contributed by atoms with E-state index >= 15 is 0 Å². The predicted octanol–water partition coefficient (Wildman–Crippen LogP) is -0.250. The minimum atomic E-state index is -0.431. The van der Waals surface area contributed by atoms with E-state index in [1.54, 1.807) is 11.8 Å². The minimum absolute atomic E-state index is 0.00955. The van der Waals surface area contributed by atoms with Crippen molar-refractivity contribution in [2.24, 2.45) is 0 Å². The zero-order valence-corrected chi connectivity index (χ0v) is 9.20. The fraction of sp³-hybridized carbons (Fsp3) is 0.889. The third-order valence-corrected chi connectivity index (χ3v) is 2.63. The average molecular weight is 221 g/mol. The molecule has 0 spiro atoms. The van der Waals surface area contributed by atoms with Crippen molar-refractivity contribution < 1.29 is 9.90 Å². The van der Waals surface area contributed by atoms with Crippen molar-refractivity contribution in [1.29, 1.82) is 0 Å². The van der Waals surface area contributed by atoms with Gasteiger partial charge >= 0.3 is 0 Å². The largest absolute Gasteiger partial charge is 0.395 e. The Morgan fingerprint density at radius 2 is 2.00 bits per heavy atom. The number of hydrogen-bond donors (Lipinski definition) is 1. The van der Waals surface area contributed by atoms with Gasteiger partial charge in [-0.2, -0.15) is 0 Å². The van der Waals surface area contributed by atoms with E-state index in [2.05, 4.69) is 4.90 Å². The summed E-state index contributed by atoms with van der Waals surface area (Å²) in [6.45, 7) is 5.67. The Hall–Kier alpha value is -0.320. The van der Waals surface area contributed by atoms with Gasteiger partial charge in [-0.15, -0.1) is 11.6 Å². The Bertz CT molecular complexity index is 191. The molecule has 0 aromatic heterocycles. The van der Waals surface area contributed by atoms with Gasteiger partial charge in [0.05, 0.1) is 6.61 Å². The normalized spacial score (nSPS) is 20.9. The van der Waals surface area contributed by atoms with E-state index in [4.69, 9.17) is 16.7 Å². The maximum atomic E-state index is 11.5. The number of piperazine rings is 1. The molecule has 14 heavy (non-hydrogen) atoms. The van der Waals surface area contributed by atoms with E-state index in [-0.39, 0.29) is 12.5 Å². The highest BCUT2D eigenvalue weighted by Crippen LogP contribution is 2.06. The first-order valence-corrected chi connectivity index (χ1v) is 5.35. The van der Waals surface area contributed by atoms with Gasteiger partial charge < -0.3 is 10.0 Å². The van der Waals surface area contributed by atoms with Crippen molar-refractivity contribution in [3.05, 3.63) is 0 Å². The van der Waals surface area contributed by atoms with Crippen molar-refractivity contribution >= 4 is 17.5 Å². The van der Waals surface area contributed by atoms with Crippen molar-refractivity contribution in [1.82, 2.24) is 9.80 Å². The predicted molar refractivity (Wildman–Crippen MR) is 55.4 cm³/mol. The SMILES string of the molecule is CC(Cl)C(=O)N1CCN(CCO)CC1. The highest BCUT2D eigenvalue weighted by molar-refractivity contribution is 6.30. The molecule has 0 bridgehead atoms. The van der Waals surface area contributed by atoms with Crippen LogP contribution in [-0.4, -0.2) is 65.5 Å². The Kier molecular flexibility index (Phi) is 4.65. The summed E-state index contributed by atoms with van der Waals surface area (Å²) in [6.07, 6.45) is 0. The van der Waals surface area contributed by atoms with Crippen LogP contribution in [0.3, 0.4) is 0 Å². The van der Waals surface area contributed by atoms with E-state index in [1.807, 2.05) is 0 Å². The molecule has 0 radical (unpaired) electrons. The van der Waals surface area contributed by atoms with Gasteiger partial charge in [0.15, 0.2) is 0 Å². The van der Waals surface area contributed by atoms with Crippen molar-refractivity contribution in [3.8, 4) is 0 Å². The van der Waals surface area contributed by atoms with Gasteiger partial charge in [-0.25, -0.2) is 0 Å². The third-order valence-electron chi connectivity index (χ3n) is 2.44. The van der Waals surface area contributed by atoms with Crippen LogP contribution in [0, 0.1) is 0 Å². The summed E-state index contributed by atoms with van der Waals surface area (Å²) in [4.78, 5) is 15.4. The fourth-order valence-electron chi connectivity index (χ4n) is 1.58. The molecule has 1 N–H and O–H groups in total. The van der Waals surface area contributed by atoms with Gasteiger partial charge in [0, 0.05) is 32.7 Å². The zero-order valence-electron chi connectivity index (χ0n) is 8.45. The lowest BCUT2D eigenvalue weighted by atomic mass is 10.3. The summed E-state index contributed by atoms with van der Waals surface area (Å²) in [6, 6.07) is 0. The first kappa shape index (κ1) is 11.8. The average Bonchev–Trinajstić information content (AvgIpc) is 2.18. The topological polar surface area (TPSA) is 43.8 Å². The molecule has 0 aliphatic carbocycles. The molecule has 1 amide bonds. The Labute approximate surface area is 89.4 Å². The van der Waals surface area contributed by atoms with Gasteiger partial charge in [0.25, 0.3) is 0 Å². The number of amides is 1. The number of rotatable bonds is 3. The van der Waals surface area contributed by atoms with Gasteiger partial charge in [-0.1, -0.05) is 0 Å². The first-order valence-electron chi connectivity index (χ1n) is 4.91. The van der Waals surface area contributed by atoms with Crippen molar-refractivity contribution in [2.45, 2.75) is 12.3 Å². The van der Waals surface area contributed by atoms with Gasteiger partial charge in [-0.3, -0.25) is 9.69 Å². The second-order valence-corrected chi connectivity index (χ2v) is 4.16. The van der Waals surface area contributed by atoms with E-state index in [9.17, 15) is 4.79 Å². The lowest BCUT2D eigenvalue weighted by molar-refractivity contribution is -0.132. The molecular formula is C9H17ClN2O2. The Morgan fingerprint density at radius 1 is 1.43 bits per heavy atom. The van der Waals surface area contributed by atoms with Crippen LogP contribution in [0.5, 0.6) is 0 Å². The Morgan fingerprint density at radius 3 is 2.43 bits per heavy atom. The van der Waals surface area contributed by atoms with Gasteiger partial charge in [0.2, 0.25) is 5.91 Å². The zero-order chi connectivity index (χ0) is 10.6. The van der Waals surface area contributed by atoms with Crippen LogP contribution in [-0.2, 0) is 4.79 Å². The van der Waals surface area contributed by atoms with E-state index in [0.717, 1.165) is 26.2 Å². The summed E-state index contributed by atoms with van der Waals surface area (Å²) >= 11 is 5.71. The molecule has 1 fully saturated rings. The van der Waals surface area contributed by atoms with Gasteiger partial charge in [-0.05, 0) is 6.92 Å². The number of nitrogens with zero attached hydrogens (tertiary/aromatic N) is 2. The molecule has 1 rings (SSSR count). The maximum Gasteiger partial charge on any atom is 0.240 e. The smallest absolute Gasteiger partial charge is 0.240 e. The van der Waals surface area contributed by atoms with Crippen molar-refractivity contribution in [2.75, 3.05) is 39.3 Å². The summed E-state index contributed by atoms with van der Waals surface area (Å²) in [5.74, 6) is 0.00955. The number of hydrogen-bond acceptors (Lipinski definition) is 3. The summed E-state index contributed by atoms with van der Waals surface area (Å²) in [7, 11) is 0. The first-order chi connectivity index (χ1) is 6.65. The summed E-state index contributed by atoms with van der Waals surface area (Å²) in [5.41, 5.74) is 0. The lowest BCUT2D eigenvalue weighted by Gasteiger charge is -2.34. The number of carbonyl (C=O) groups excluding carboxylic acids is 1. The number of alkyl halides is 1. The monoisotopic (exact) mass is 220 g/mol. The standard InChI is InChI=1S/C9H17ClN2O2/c1-8(10)9(14)12-4-2-11(3-5-12)6-7-13/h8,13H,2-7H2,1H3. The number of aliphatic hydroxyl groups excluding tert-OH is 1. The van der Waals surface area contributed by atoms with Crippen LogP contribution in [0.25, 0.3) is 0 Å². The molecule has 1 saturated heterocycles. The molecule has 0 aromatic carbocycles. The molecular weight excluding hydrogens is 204 g/mol. The number of halogens is 1. The molecule has 82 valence electrons. The van der Waals surface area contributed by atoms with Crippen molar-refractivity contribution in [3.63, 3.8) is 0 Å². The second kappa shape index (κ2) is 5.53. The fourth-order valence-corrected chi connectivity index (χ4v) is 1.72. The van der Waals surface area contributed by atoms with E-state index in [0.29, 0.717) is 6.54 Å². The van der Waals surface area contributed by atoms with E-state index < -0.39 is 5.38 Å². The molecule has 1 heterocycles. The Balaban J connectivity index is 2.32. The van der Waals surface area contributed by atoms with Crippen LogP contribution in [0.15, 0.2) is 0 Å². The van der Waals surface area contributed by atoms with Crippen LogP contribution in [0.1, 0.15) is 6.92 Å². The molecule has 0 aromatic rings. The highest BCUT2D eigenvalue weighted by atomic mass is 35.5. The number of carbonyl (C=O) groups is 1. The number of aliphatic hydroxyl groups is 1. The molecule has 0 saturated carbocycles. The van der Waals surface area contributed by atoms with Crippen LogP contribution in [0.2, 0.25) is 0 Å². The summed E-state index contributed by atoms with van der Waals surface area (Å²) < 4.78 is 0. The van der Waals surface area contributed by atoms with Gasteiger partial charge in [0.1, 0.15) is 5.38 Å². The van der Waals surface area contributed by atoms with Crippen LogP contribution >= 0.6 is 11.6 Å². The number of β-amino-alcohol motifs (C(OH)–C–C–N with tert-alkyl or cyclic N) is 1. The molecule has 1 unspecified atom stereocenters. The molecule has 1 aliphatic rings. The highest BCUT2D eigenvalue weighted by Gasteiger charge is 2.23. The molecule has 1 atom stereocenters. The maximum absolute atomic E-state index is 11.5. The lowest BCUT2D eigenvalue weighted by Crippen LogP contribution is -2.50.